The number of nitrogens with two attached hydrogens (primary N) is 1. The van der Waals surface area contributed by atoms with Crippen molar-refractivity contribution < 1.29 is 4.79 Å². The van der Waals surface area contributed by atoms with Crippen LogP contribution in [-0.4, -0.2) is 11.4 Å². The number of thiophene rings is 1. The van der Waals surface area contributed by atoms with Crippen LogP contribution < -0.4 is 10.6 Å². The number of nitrogens with zero attached hydrogens (tertiary/aromatic N) is 1. The van der Waals surface area contributed by atoms with E-state index in [0.717, 1.165) is 11.4 Å². The van der Waals surface area contributed by atoms with E-state index < -0.39 is 5.54 Å². The first-order valence-electron chi connectivity index (χ1n) is 8.07. The van der Waals surface area contributed by atoms with Gasteiger partial charge in [-0.1, -0.05) is 45.9 Å². The SMILES string of the molecule is CC(C)C[C@](C(N)=O)(C(C)C)N(c1ccccc1)c1ccsc1. The Bertz CT molecular complexity index is 622. The predicted octanol–water partition coefficient (Wildman–Crippen LogP) is 4.81. The summed E-state index contributed by atoms with van der Waals surface area (Å²) in [6.45, 7) is 8.43. The van der Waals surface area contributed by atoms with Crippen LogP contribution in [0.2, 0.25) is 0 Å². The van der Waals surface area contributed by atoms with Crippen LogP contribution in [0.4, 0.5) is 11.4 Å². The first kappa shape index (κ1) is 17.5. The van der Waals surface area contributed by atoms with Gasteiger partial charge in [0, 0.05) is 11.1 Å². The number of hydrogen-bond acceptors (Lipinski definition) is 3. The fourth-order valence-electron chi connectivity index (χ4n) is 3.27. The fourth-order valence-corrected chi connectivity index (χ4v) is 3.89. The Balaban J connectivity index is 2.68. The summed E-state index contributed by atoms with van der Waals surface area (Å²) in [7, 11) is 0. The van der Waals surface area contributed by atoms with Gasteiger partial charge in [0.2, 0.25) is 5.91 Å². The smallest absolute Gasteiger partial charge is 0.243 e. The Morgan fingerprint density at radius 3 is 2.22 bits per heavy atom. The molecule has 3 nitrogen and oxygen atoms in total. The quantitative estimate of drug-likeness (QED) is 0.791. The third-order valence-corrected chi connectivity index (χ3v) is 4.95. The summed E-state index contributed by atoms with van der Waals surface area (Å²) < 4.78 is 0. The van der Waals surface area contributed by atoms with Gasteiger partial charge < -0.3 is 10.6 Å². The van der Waals surface area contributed by atoms with E-state index in [4.69, 9.17) is 5.73 Å². The van der Waals surface area contributed by atoms with E-state index >= 15 is 0 Å². The van der Waals surface area contributed by atoms with E-state index in [2.05, 4.69) is 44.0 Å². The molecule has 0 aliphatic carbocycles. The summed E-state index contributed by atoms with van der Waals surface area (Å²) in [6.07, 6.45) is 0.713. The Labute approximate surface area is 143 Å². The van der Waals surface area contributed by atoms with Crippen LogP contribution in [0.1, 0.15) is 34.1 Å². The van der Waals surface area contributed by atoms with Gasteiger partial charge in [-0.3, -0.25) is 4.79 Å². The maximum absolute atomic E-state index is 12.7. The lowest BCUT2D eigenvalue weighted by Gasteiger charge is -2.46. The first-order chi connectivity index (χ1) is 10.9. The molecule has 0 saturated carbocycles. The fraction of sp³-hybridized carbons (Fsp3) is 0.421. The average molecular weight is 330 g/mol. The summed E-state index contributed by atoms with van der Waals surface area (Å²) in [5, 5.41) is 4.11. The number of hydrogen-bond donors (Lipinski definition) is 1. The van der Waals surface area contributed by atoms with Crippen molar-refractivity contribution in [2.45, 2.75) is 39.7 Å². The summed E-state index contributed by atoms with van der Waals surface area (Å²) in [6, 6.07) is 12.1. The monoisotopic (exact) mass is 330 g/mol. The van der Waals surface area contributed by atoms with Crippen LogP contribution in [0, 0.1) is 11.8 Å². The highest BCUT2D eigenvalue weighted by atomic mass is 32.1. The van der Waals surface area contributed by atoms with Crippen molar-refractivity contribution in [2.75, 3.05) is 4.90 Å². The van der Waals surface area contributed by atoms with Crippen molar-refractivity contribution >= 4 is 28.6 Å². The van der Waals surface area contributed by atoms with Gasteiger partial charge in [0.25, 0.3) is 0 Å². The van der Waals surface area contributed by atoms with Crippen molar-refractivity contribution in [1.82, 2.24) is 0 Å². The van der Waals surface area contributed by atoms with E-state index in [1.54, 1.807) is 11.3 Å². The standard InChI is InChI=1S/C19H26N2OS/c1-14(2)12-19(15(3)4,18(20)22)21(17-10-11-23-13-17)16-8-6-5-7-9-16/h5-11,13-15H,12H2,1-4H3,(H2,20,22)/t19-/m1/s1. The normalized spacial score (nSPS) is 14.0. The number of amides is 1. The summed E-state index contributed by atoms with van der Waals surface area (Å²) in [5.41, 5.74) is 7.26. The number of rotatable bonds is 7. The van der Waals surface area contributed by atoms with Gasteiger partial charge in [0.05, 0.1) is 5.69 Å². The van der Waals surface area contributed by atoms with Crippen LogP contribution in [0.5, 0.6) is 0 Å². The van der Waals surface area contributed by atoms with Crippen LogP contribution in [0.3, 0.4) is 0 Å². The highest BCUT2D eigenvalue weighted by Crippen LogP contribution is 2.42. The first-order valence-corrected chi connectivity index (χ1v) is 9.01. The molecule has 124 valence electrons. The van der Waals surface area contributed by atoms with E-state index in [0.29, 0.717) is 12.3 Å². The molecule has 0 radical (unpaired) electrons. The zero-order chi connectivity index (χ0) is 17.0. The number of carbonyl (C=O) groups is 1. The number of carbonyl (C=O) groups excluding carboxylic acids is 1. The molecular weight excluding hydrogens is 304 g/mol. The third-order valence-electron chi connectivity index (χ3n) is 4.28. The molecule has 1 aromatic heterocycles. The second kappa shape index (κ2) is 7.18. The second-order valence-electron chi connectivity index (χ2n) is 6.69. The molecule has 4 heteroatoms. The lowest BCUT2D eigenvalue weighted by molar-refractivity contribution is -0.125. The molecule has 0 unspecified atom stereocenters. The van der Waals surface area contributed by atoms with Gasteiger partial charge in [-0.15, -0.1) is 0 Å². The Morgan fingerprint density at radius 2 is 1.78 bits per heavy atom. The number of para-hydroxylation sites is 1. The number of benzene rings is 1. The largest absolute Gasteiger partial charge is 0.368 e. The summed E-state index contributed by atoms with van der Waals surface area (Å²) in [4.78, 5) is 14.8. The molecule has 23 heavy (non-hydrogen) atoms. The minimum Gasteiger partial charge on any atom is -0.368 e. The van der Waals surface area contributed by atoms with Crippen molar-refractivity contribution in [3.63, 3.8) is 0 Å². The zero-order valence-corrected chi connectivity index (χ0v) is 15.1. The van der Waals surface area contributed by atoms with Crippen LogP contribution in [0.25, 0.3) is 0 Å². The highest BCUT2D eigenvalue weighted by Gasteiger charge is 2.46. The molecule has 2 aromatic rings. The van der Waals surface area contributed by atoms with Crippen LogP contribution >= 0.6 is 11.3 Å². The minimum atomic E-state index is -0.753. The minimum absolute atomic E-state index is 0.0857. The predicted molar refractivity (Wildman–Crippen MR) is 99.1 cm³/mol. The zero-order valence-electron chi connectivity index (χ0n) is 14.3. The van der Waals surface area contributed by atoms with Gasteiger partial charge >= 0.3 is 0 Å². The Morgan fingerprint density at radius 1 is 1.13 bits per heavy atom. The van der Waals surface area contributed by atoms with Crippen LogP contribution in [0.15, 0.2) is 47.2 Å². The van der Waals surface area contributed by atoms with Gasteiger partial charge in [-0.2, -0.15) is 11.3 Å². The summed E-state index contributed by atoms with van der Waals surface area (Å²) >= 11 is 1.63. The van der Waals surface area contributed by atoms with Gasteiger partial charge in [0.15, 0.2) is 0 Å². The van der Waals surface area contributed by atoms with Gasteiger partial charge in [-0.05, 0) is 41.8 Å². The van der Waals surface area contributed by atoms with E-state index in [1.165, 1.54) is 0 Å². The van der Waals surface area contributed by atoms with E-state index in [-0.39, 0.29) is 11.8 Å². The molecule has 1 heterocycles. The maximum Gasteiger partial charge on any atom is 0.243 e. The topological polar surface area (TPSA) is 46.3 Å². The molecule has 1 amide bonds. The second-order valence-corrected chi connectivity index (χ2v) is 7.47. The molecule has 0 saturated heterocycles. The molecule has 0 spiro atoms. The van der Waals surface area contributed by atoms with Crippen molar-refractivity contribution in [2.24, 2.45) is 17.6 Å². The van der Waals surface area contributed by atoms with Gasteiger partial charge in [0.1, 0.15) is 5.54 Å². The van der Waals surface area contributed by atoms with Crippen molar-refractivity contribution in [1.29, 1.82) is 0 Å². The lowest BCUT2D eigenvalue weighted by atomic mass is 9.76. The maximum atomic E-state index is 12.7. The Kier molecular flexibility index (Phi) is 5.47. The highest BCUT2D eigenvalue weighted by molar-refractivity contribution is 7.08. The molecule has 1 aromatic carbocycles. The number of anilines is 2. The molecule has 2 N–H and O–H groups in total. The third kappa shape index (κ3) is 3.42. The van der Waals surface area contributed by atoms with Crippen molar-refractivity contribution in [3.05, 3.63) is 47.2 Å². The molecule has 0 fully saturated rings. The molecule has 2 rings (SSSR count). The molecule has 0 bridgehead atoms. The van der Waals surface area contributed by atoms with E-state index in [9.17, 15) is 4.79 Å². The van der Waals surface area contributed by atoms with E-state index in [1.807, 2.05) is 35.7 Å². The Hall–Kier alpha value is -1.81. The lowest BCUT2D eigenvalue weighted by Crippen LogP contribution is -2.60. The average Bonchev–Trinajstić information content (AvgIpc) is 3.00. The van der Waals surface area contributed by atoms with Crippen molar-refractivity contribution in [3.8, 4) is 0 Å². The molecular formula is C19H26N2OS. The molecule has 1 atom stereocenters. The molecule has 0 aliphatic rings. The van der Waals surface area contributed by atoms with Gasteiger partial charge in [-0.25, -0.2) is 0 Å². The molecule has 0 aliphatic heterocycles. The van der Waals surface area contributed by atoms with Crippen LogP contribution in [-0.2, 0) is 4.79 Å². The number of primary amides is 1. The summed E-state index contributed by atoms with van der Waals surface area (Å²) in [5.74, 6) is 0.175.